The average molecular weight is 312 g/mol. The SMILES string of the molecule is CCOc1ccc(S(=O)(=O)N(C)Cc2nccs2)cc1. The first kappa shape index (κ1) is 15.0. The molecule has 1 aromatic carbocycles. The Hall–Kier alpha value is -1.44. The molecule has 0 bridgehead atoms. The fourth-order valence-electron chi connectivity index (χ4n) is 1.66. The monoisotopic (exact) mass is 312 g/mol. The van der Waals surface area contributed by atoms with Crippen molar-refractivity contribution in [2.75, 3.05) is 13.7 Å². The number of sulfonamides is 1. The molecule has 5 nitrogen and oxygen atoms in total. The minimum absolute atomic E-state index is 0.250. The Morgan fingerprint density at radius 2 is 2.00 bits per heavy atom. The average Bonchev–Trinajstić information content (AvgIpc) is 2.92. The van der Waals surface area contributed by atoms with Crippen LogP contribution in [0.5, 0.6) is 5.75 Å². The molecule has 0 aliphatic carbocycles. The fraction of sp³-hybridized carbons (Fsp3) is 0.308. The summed E-state index contributed by atoms with van der Waals surface area (Å²) < 4.78 is 31.4. The number of rotatable bonds is 6. The van der Waals surface area contributed by atoms with Crippen molar-refractivity contribution in [1.82, 2.24) is 9.29 Å². The summed E-state index contributed by atoms with van der Waals surface area (Å²) in [6.07, 6.45) is 1.66. The summed E-state index contributed by atoms with van der Waals surface area (Å²) in [6.45, 7) is 2.70. The Labute approximate surface area is 122 Å². The summed E-state index contributed by atoms with van der Waals surface area (Å²) in [5, 5.41) is 2.59. The van der Waals surface area contributed by atoms with Gasteiger partial charge in [0.2, 0.25) is 10.0 Å². The predicted octanol–water partition coefficient (Wildman–Crippen LogP) is 2.36. The van der Waals surface area contributed by atoms with Crippen molar-refractivity contribution >= 4 is 21.4 Å². The van der Waals surface area contributed by atoms with E-state index in [0.29, 0.717) is 12.4 Å². The molecule has 0 atom stereocenters. The van der Waals surface area contributed by atoms with Crippen molar-refractivity contribution in [1.29, 1.82) is 0 Å². The van der Waals surface area contributed by atoms with Crippen LogP contribution in [0.3, 0.4) is 0 Å². The Kier molecular flexibility index (Phi) is 4.74. The van der Waals surface area contributed by atoms with Gasteiger partial charge >= 0.3 is 0 Å². The van der Waals surface area contributed by atoms with Gasteiger partial charge in [0.05, 0.1) is 18.0 Å². The van der Waals surface area contributed by atoms with Gasteiger partial charge in [0.1, 0.15) is 10.8 Å². The van der Waals surface area contributed by atoms with Crippen molar-refractivity contribution in [3.8, 4) is 5.75 Å². The Morgan fingerprint density at radius 1 is 1.30 bits per heavy atom. The van der Waals surface area contributed by atoms with Crippen LogP contribution < -0.4 is 4.74 Å². The van der Waals surface area contributed by atoms with Crippen molar-refractivity contribution in [2.45, 2.75) is 18.4 Å². The zero-order valence-corrected chi connectivity index (χ0v) is 12.9. The van der Waals surface area contributed by atoms with Crippen LogP contribution >= 0.6 is 11.3 Å². The number of hydrogen-bond acceptors (Lipinski definition) is 5. The fourth-order valence-corrected chi connectivity index (χ4v) is 3.54. The van der Waals surface area contributed by atoms with Crippen LogP contribution in [0.2, 0.25) is 0 Å². The lowest BCUT2D eigenvalue weighted by Crippen LogP contribution is -2.26. The molecule has 0 radical (unpaired) electrons. The maximum absolute atomic E-state index is 12.4. The first-order valence-electron chi connectivity index (χ1n) is 6.11. The molecule has 0 fully saturated rings. The lowest BCUT2D eigenvalue weighted by atomic mass is 10.3. The smallest absolute Gasteiger partial charge is 0.243 e. The van der Waals surface area contributed by atoms with Crippen molar-refractivity contribution in [3.05, 3.63) is 40.8 Å². The molecule has 0 saturated carbocycles. The van der Waals surface area contributed by atoms with Gasteiger partial charge in [-0.15, -0.1) is 11.3 Å². The van der Waals surface area contributed by atoms with Crippen LogP contribution in [0, 0.1) is 0 Å². The van der Waals surface area contributed by atoms with Crippen LogP contribution in [0.25, 0.3) is 0 Å². The summed E-state index contributed by atoms with van der Waals surface area (Å²) in [4.78, 5) is 4.34. The summed E-state index contributed by atoms with van der Waals surface area (Å²) in [7, 11) is -1.95. The van der Waals surface area contributed by atoms with Gasteiger partial charge in [-0.1, -0.05) is 0 Å². The van der Waals surface area contributed by atoms with E-state index in [1.54, 1.807) is 37.5 Å². The van der Waals surface area contributed by atoms with Gasteiger partial charge in [0.15, 0.2) is 0 Å². The summed E-state index contributed by atoms with van der Waals surface area (Å²) >= 11 is 1.43. The van der Waals surface area contributed by atoms with Gasteiger partial charge in [-0.3, -0.25) is 0 Å². The van der Waals surface area contributed by atoms with E-state index in [-0.39, 0.29) is 11.4 Å². The van der Waals surface area contributed by atoms with Crippen LogP contribution in [-0.4, -0.2) is 31.4 Å². The Morgan fingerprint density at radius 3 is 2.55 bits per heavy atom. The standard InChI is InChI=1S/C13H16N2O3S2/c1-3-18-11-4-6-12(7-5-11)20(16,17)15(2)10-13-14-8-9-19-13/h4-9H,3,10H2,1-2H3. The van der Waals surface area contributed by atoms with Gasteiger partial charge in [-0.05, 0) is 31.2 Å². The van der Waals surface area contributed by atoms with Gasteiger partial charge in [0.25, 0.3) is 0 Å². The second kappa shape index (κ2) is 6.34. The van der Waals surface area contributed by atoms with Crippen LogP contribution in [0.1, 0.15) is 11.9 Å². The van der Waals surface area contributed by atoms with Crippen LogP contribution in [0.15, 0.2) is 40.7 Å². The highest BCUT2D eigenvalue weighted by atomic mass is 32.2. The molecular weight excluding hydrogens is 296 g/mol. The quantitative estimate of drug-likeness (QED) is 0.821. The molecule has 2 rings (SSSR count). The normalized spacial score (nSPS) is 11.8. The van der Waals surface area contributed by atoms with E-state index in [4.69, 9.17) is 4.74 Å². The van der Waals surface area contributed by atoms with Crippen molar-refractivity contribution < 1.29 is 13.2 Å². The van der Waals surface area contributed by atoms with E-state index in [9.17, 15) is 8.42 Å². The van der Waals surface area contributed by atoms with E-state index < -0.39 is 10.0 Å². The van der Waals surface area contributed by atoms with Gasteiger partial charge in [-0.25, -0.2) is 13.4 Å². The second-order valence-electron chi connectivity index (χ2n) is 4.09. The van der Waals surface area contributed by atoms with Gasteiger partial charge < -0.3 is 4.74 Å². The minimum atomic E-state index is -3.50. The molecule has 1 aromatic heterocycles. The molecule has 0 unspecified atom stereocenters. The highest BCUT2D eigenvalue weighted by Crippen LogP contribution is 2.20. The summed E-state index contributed by atoms with van der Waals surface area (Å²) in [5.74, 6) is 0.661. The molecule has 0 aliphatic heterocycles. The molecule has 7 heteroatoms. The predicted molar refractivity (Wildman–Crippen MR) is 78.4 cm³/mol. The van der Waals surface area contributed by atoms with E-state index >= 15 is 0 Å². The minimum Gasteiger partial charge on any atom is -0.494 e. The highest BCUT2D eigenvalue weighted by molar-refractivity contribution is 7.89. The molecule has 1 heterocycles. The molecule has 0 saturated heterocycles. The Bertz CT molecular complexity index is 637. The van der Waals surface area contributed by atoms with E-state index in [1.807, 2.05) is 12.3 Å². The van der Waals surface area contributed by atoms with Gasteiger partial charge in [-0.2, -0.15) is 4.31 Å². The number of ether oxygens (including phenoxy) is 1. The molecule has 0 aliphatic rings. The number of nitrogens with zero attached hydrogens (tertiary/aromatic N) is 2. The number of hydrogen-bond donors (Lipinski definition) is 0. The molecule has 0 amide bonds. The topological polar surface area (TPSA) is 59.5 Å². The summed E-state index contributed by atoms with van der Waals surface area (Å²) in [6, 6.07) is 6.43. The molecule has 0 spiro atoms. The first-order valence-corrected chi connectivity index (χ1v) is 8.43. The number of aromatic nitrogens is 1. The second-order valence-corrected chi connectivity index (χ2v) is 7.12. The van der Waals surface area contributed by atoms with Gasteiger partial charge in [0, 0.05) is 18.6 Å². The van der Waals surface area contributed by atoms with E-state index in [0.717, 1.165) is 5.01 Å². The molecule has 108 valence electrons. The third kappa shape index (κ3) is 3.36. The molecule has 20 heavy (non-hydrogen) atoms. The lowest BCUT2D eigenvalue weighted by molar-refractivity contribution is 0.340. The highest BCUT2D eigenvalue weighted by Gasteiger charge is 2.21. The summed E-state index contributed by atoms with van der Waals surface area (Å²) in [5.41, 5.74) is 0. The number of thiazole rings is 1. The third-order valence-corrected chi connectivity index (χ3v) is 5.27. The van der Waals surface area contributed by atoms with E-state index in [2.05, 4.69) is 4.98 Å². The van der Waals surface area contributed by atoms with E-state index in [1.165, 1.54) is 15.6 Å². The first-order chi connectivity index (χ1) is 9.54. The third-order valence-electron chi connectivity index (χ3n) is 2.68. The van der Waals surface area contributed by atoms with Crippen molar-refractivity contribution in [3.63, 3.8) is 0 Å². The number of benzene rings is 1. The van der Waals surface area contributed by atoms with Crippen LogP contribution in [-0.2, 0) is 16.6 Å². The lowest BCUT2D eigenvalue weighted by Gasteiger charge is -2.16. The maximum atomic E-state index is 12.4. The molecule has 2 aromatic rings. The Balaban J connectivity index is 2.16. The molecular formula is C13H16N2O3S2. The zero-order chi connectivity index (χ0) is 14.6. The molecule has 0 N–H and O–H groups in total. The van der Waals surface area contributed by atoms with Crippen molar-refractivity contribution in [2.24, 2.45) is 0 Å². The van der Waals surface area contributed by atoms with Crippen LogP contribution in [0.4, 0.5) is 0 Å². The largest absolute Gasteiger partial charge is 0.494 e. The zero-order valence-electron chi connectivity index (χ0n) is 11.3. The maximum Gasteiger partial charge on any atom is 0.243 e.